The van der Waals surface area contributed by atoms with Crippen LogP contribution in [-0.2, 0) is 9.59 Å². The van der Waals surface area contributed by atoms with Gasteiger partial charge in [0.15, 0.2) is 5.78 Å². The zero-order chi connectivity index (χ0) is 12.8. The number of benzene rings is 1. The molecule has 0 N–H and O–H groups in total. The van der Waals surface area contributed by atoms with Gasteiger partial charge in [0, 0.05) is 5.92 Å². The number of carbonyl (C=O) groups excluding carboxylic acids is 2. The lowest BCUT2D eigenvalue weighted by atomic mass is 9.81. The minimum Gasteiger partial charge on any atom is -0.298 e. The number of hydrogen-bond donors (Lipinski definition) is 0. The summed E-state index contributed by atoms with van der Waals surface area (Å²) in [5.41, 5.74) is 0.382. The molecular weight excluding hydrogens is 224 g/mol. The fourth-order valence-corrected chi connectivity index (χ4v) is 3.81. The van der Waals surface area contributed by atoms with Crippen LogP contribution in [0.15, 0.2) is 30.3 Å². The number of hydrogen-bond acceptors (Lipinski definition) is 2. The second-order valence-electron chi connectivity index (χ2n) is 5.69. The van der Waals surface area contributed by atoms with Crippen LogP contribution in [0, 0.1) is 11.3 Å². The van der Waals surface area contributed by atoms with Gasteiger partial charge in [-0.1, -0.05) is 50.1 Å². The number of rotatable bonds is 1. The molecule has 94 valence electrons. The molecule has 1 spiro atoms. The third-order valence-corrected chi connectivity index (χ3v) is 4.76. The number of Topliss-reactive ketones (excluding diaryl/α,β-unsaturated/α-hetero) is 2. The Labute approximate surface area is 107 Å². The van der Waals surface area contributed by atoms with Crippen LogP contribution in [0.5, 0.6) is 0 Å². The van der Waals surface area contributed by atoms with Crippen molar-refractivity contribution in [3.63, 3.8) is 0 Å². The van der Waals surface area contributed by atoms with Crippen molar-refractivity contribution in [2.45, 2.75) is 38.5 Å². The Morgan fingerprint density at radius 3 is 2.22 bits per heavy atom. The molecule has 18 heavy (non-hydrogen) atoms. The average molecular weight is 242 g/mol. The number of carbonyl (C=O) groups is 2. The van der Waals surface area contributed by atoms with E-state index in [1.807, 2.05) is 37.3 Å². The smallest absolute Gasteiger partial charge is 0.154 e. The van der Waals surface area contributed by atoms with E-state index in [2.05, 4.69) is 0 Å². The number of ketones is 2. The van der Waals surface area contributed by atoms with Gasteiger partial charge in [0.25, 0.3) is 0 Å². The Morgan fingerprint density at radius 2 is 1.61 bits per heavy atom. The maximum absolute atomic E-state index is 12.7. The van der Waals surface area contributed by atoms with Gasteiger partial charge in [0.2, 0.25) is 0 Å². The lowest BCUT2D eigenvalue weighted by Gasteiger charge is -2.19. The van der Waals surface area contributed by atoms with E-state index < -0.39 is 5.41 Å². The Kier molecular flexibility index (Phi) is 2.61. The molecule has 2 aliphatic rings. The summed E-state index contributed by atoms with van der Waals surface area (Å²) in [7, 11) is 0. The molecule has 2 saturated carbocycles. The minimum atomic E-state index is -0.625. The summed E-state index contributed by atoms with van der Waals surface area (Å²) in [5, 5.41) is 0. The lowest BCUT2D eigenvalue weighted by Crippen LogP contribution is -2.30. The predicted molar refractivity (Wildman–Crippen MR) is 69.3 cm³/mol. The second kappa shape index (κ2) is 4.04. The van der Waals surface area contributed by atoms with E-state index in [0.29, 0.717) is 0 Å². The SMILES string of the molecule is C[C@@H]1C(=O)C2(CCCC2)C(=O)[C@H]1c1ccccc1. The third-order valence-electron chi connectivity index (χ3n) is 4.76. The van der Waals surface area contributed by atoms with Crippen molar-refractivity contribution in [2.75, 3.05) is 0 Å². The van der Waals surface area contributed by atoms with Crippen LogP contribution in [0.25, 0.3) is 0 Å². The Balaban J connectivity index is 2.03. The normalized spacial score (nSPS) is 30.3. The highest BCUT2D eigenvalue weighted by atomic mass is 16.2. The second-order valence-corrected chi connectivity index (χ2v) is 5.69. The molecule has 1 aromatic rings. The summed E-state index contributed by atoms with van der Waals surface area (Å²) < 4.78 is 0. The van der Waals surface area contributed by atoms with E-state index in [-0.39, 0.29) is 23.4 Å². The molecule has 2 fully saturated rings. The first-order chi connectivity index (χ1) is 8.67. The van der Waals surface area contributed by atoms with Crippen molar-refractivity contribution in [2.24, 2.45) is 11.3 Å². The highest BCUT2D eigenvalue weighted by Gasteiger charge is 2.59. The monoisotopic (exact) mass is 242 g/mol. The van der Waals surface area contributed by atoms with Gasteiger partial charge in [-0.3, -0.25) is 9.59 Å². The van der Waals surface area contributed by atoms with E-state index >= 15 is 0 Å². The first-order valence-corrected chi connectivity index (χ1v) is 6.80. The zero-order valence-electron chi connectivity index (χ0n) is 10.7. The van der Waals surface area contributed by atoms with Crippen molar-refractivity contribution in [3.05, 3.63) is 35.9 Å². The van der Waals surface area contributed by atoms with E-state index in [4.69, 9.17) is 0 Å². The van der Waals surface area contributed by atoms with Gasteiger partial charge in [-0.25, -0.2) is 0 Å². The first-order valence-electron chi connectivity index (χ1n) is 6.80. The predicted octanol–water partition coefficient (Wildman–Crippen LogP) is 3.12. The zero-order valence-corrected chi connectivity index (χ0v) is 10.7. The molecular formula is C16H18O2. The molecule has 0 bridgehead atoms. The molecule has 0 unspecified atom stereocenters. The molecule has 0 aromatic heterocycles. The van der Waals surface area contributed by atoms with Crippen molar-refractivity contribution in [3.8, 4) is 0 Å². The molecule has 2 heteroatoms. The topological polar surface area (TPSA) is 34.1 Å². The quantitative estimate of drug-likeness (QED) is 0.709. The van der Waals surface area contributed by atoms with Gasteiger partial charge in [-0.15, -0.1) is 0 Å². The molecule has 0 aliphatic heterocycles. The summed E-state index contributed by atoms with van der Waals surface area (Å²) in [6.07, 6.45) is 3.59. The summed E-state index contributed by atoms with van der Waals surface area (Å²) in [6.45, 7) is 1.92. The van der Waals surface area contributed by atoms with Gasteiger partial charge in [-0.2, -0.15) is 0 Å². The molecule has 2 nitrogen and oxygen atoms in total. The maximum atomic E-state index is 12.7. The highest BCUT2D eigenvalue weighted by molar-refractivity contribution is 6.17. The minimum absolute atomic E-state index is 0.155. The largest absolute Gasteiger partial charge is 0.298 e. The molecule has 0 amide bonds. The molecule has 2 atom stereocenters. The van der Waals surface area contributed by atoms with Crippen molar-refractivity contribution < 1.29 is 9.59 Å². The van der Waals surface area contributed by atoms with Gasteiger partial charge < -0.3 is 0 Å². The van der Waals surface area contributed by atoms with Crippen LogP contribution in [0.2, 0.25) is 0 Å². The van der Waals surface area contributed by atoms with Gasteiger partial charge >= 0.3 is 0 Å². The molecule has 0 radical (unpaired) electrons. The van der Waals surface area contributed by atoms with Crippen LogP contribution in [0.4, 0.5) is 0 Å². The maximum Gasteiger partial charge on any atom is 0.154 e. The van der Waals surface area contributed by atoms with E-state index in [9.17, 15) is 9.59 Å². The van der Waals surface area contributed by atoms with Crippen LogP contribution in [0.3, 0.4) is 0 Å². The Hall–Kier alpha value is -1.44. The van der Waals surface area contributed by atoms with Crippen LogP contribution < -0.4 is 0 Å². The van der Waals surface area contributed by atoms with E-state index in [1.54, 1.807) is 0 Å². The summed E-state index contributed by atoms with van der Waals surface area (Å²) in [6, 6.07) is 9.78. The molecule has 0 saturated heterocycles. The van der Waals surface area contributed by atoms with E-state index in [0.717, 1.165) is 31.2 Å². The first kappa shape index (κ1) is 11.6. The fraction of sp³-hybridized carbons (Fsp3) is 0.500. The standard InChI is InChI=1S/C16H18O2/c1-11-13(12-7-3-2-4-8-12)15(18)16(14(11)17)9-5-6-10-16/h2-4,7-8,11,13H,5-6,9-10H2,1H3/t11-,13+/m0/s1. The summed E-state index contributed by atoms with van der Waals surface area (Å²) in [4.78, 5) is 25.2. The van der Waals surface area contributed by atoms with Gasteiger partial charge in [0.05, 0.1) is 11.3 Å². The van der Waals surface area contributed by atoms with Gasteiger partial charge in [0.1, 0.15) is 5.78 Å². The van der Waals surface area contributed by atoms with Gasteiger partial charge in [-0.05, 0) is 18.4 Å². The average Bonchev–Trinajstić information content (AvgIpc) is 2.95. The highest BCUT2D eigenvalue weighted by Crippen LogP contribution is 2.52. The van der Waals surface area contributed by atoms with Crippen molar-refractivity contribution >= 4 is 11.6 Å². The van der Waals surface area contributed by atoms with Crippen LogP contribution >= 0.6 is 0 Å². The molecule has 3 rings (SSSR count). The van der Waals surface area contributed by atoms with E-state index in [1.165, 1.54) is 0 Å². The molecule has 0 heterocycles. The van der Waals surface area contributed by atoms with Crippen LogP contribution in [0.1, 0.15) is 44.1 Å². The summed E-state index contributed by atoms with van der Waals surface area (Å²) in [5.74, 6) is 0.0114. The Bertz CT molecular complexity index is 483. The molecule has 1 aromatic carbocycles. The fourth-order valence-electron chi connectivity index (χ4n) is 3.81. The lowest BCUT2D eigenvalue weighted by molar-refractivity contribution is -0.135. The van der Waals surface area contributed by atoms with Crippen molar-refractivity contribution in [1.29, 1.82) is 0 Å². The van der Waals surface area contributed by atoms with Crippen molar-refractivity contribution in [1.82, 2.24) is 0 Å². The summed E-state index contributed by atoms with van der Waals surface area (Å²) >= 11 is 0. The third kappa shape index (κ3) is 1.41. The van der Waals surface area contributed by atoms with Crippen LogP contribution in [-0.4, -0.2) is 11.6 Å². The Morgan fingerprint density at radius 1 is 1.00 bits per heavy atom. The molecule has 2 aliphatic carbocycles.